The third kappa shape index (κ3) is 7.65. The second-order valence-electron chi connectivity index (χ2n) is 2.59. The van der Waals surface area contributed by atoms with Gasteiger partial charge in [-0.2, -0.15) is 0 Å². The molecule has 2 nitrogen and oxygen atoms in total. The average molecular weight is 199 g/mol. The number of hydrogen-bond donors (Lipinski definition) is 1. The summed E-state index contributed by atoms with van der Waals surface area (Å²) in [6.07, 6.45) is 8.20. The van der Waals surface area contributed by atoms with Gasteiger partial charge in [0.2, 0.25) is 5.91 Å². The van der Waals surface area contributed by atoms with Gasteiger partial charge in [-0.25, -0.2) is 0 Å². The molecule has 0 radical (unpaired) electrons. The zero-order valence-corrected chi connectivity index (χ0v) is 9.28. The zero-order valence-electron chi connectivity index (χ0n) is 8.46. The lowest BCUT2D eigenvalue weighted by Crippen LogP contribution is -2.09. The summed E-state index contributed by atoms with van der Waals surface area (Å²) in [5, 5.41) is 0. The first-order chi connectivity index (χ1) is 6.20. The van der Waals surface area contributed by atoms with E-state index >= 15 is 0 Å². The van der Waals surface area contributed by atoms with Crippen molar-refractivity contribution in [2.45, 2.75) is 33.6 Å². The van der Waals surface area contributed by atoms with E-state index in [9.17, 15) is 4.79 Å². The summed E-state index contributed by atoms with van der Waals surface area (Å²) >= 11 is 1.37. The molecule has 0 heterocycles. The minimum absolute atomic E-state index is 0.0168. The van der Waals surface area contributed by atoms with Gasteiger partial charge in [-0.3, -0.25) is 9.52 Å². The highest BCUT2D eigenvalue weighted by atomic mass is 32.2. The average Bonchev–Trinajstić information content (AvgIpc) is 2.09. The SMILES string of the molecule is CC/C=C\C(=C/CC)SNC(C)=O. The van der Waals surface area contributed by atoms with Crippen LogP contribution in [0, 0.1) is 0 Å². The summed E-state index contributed by atoms with van der Waals surface area (Å²) in [5.41, 5.74) is 0. The van der Waals surface area contributed by atoms with Crippen molar-refractivity contribution in [3.8, 4) is 0 Å². The molecule has 0 saturated heterocycles. The summed E-state index contributed by atoms with van der Waals surface area (Å²) in [7, 11) is 0. The third-order valence-electron chi connectivity index (χ3n) is 1.24. The molecule has 0 rings (SSSR count). The summed E-state index contributed by atoms with van der Waals surface area (Å²) in [6.45, 7) is 5.68. The van der Waals surface area contributed by atoms with E-state index in [2.05, 4.69) is 30.7 Å². The Hall–Kier alpha value is -0.700. The minimum atomic E-state index is -0.0168. The molecule has 0 aromatic rings. The summed E-state index contributed by atoms with van der Waals surface area (Å²) in [5.74, 6) is -0.0168. The van der Waals surface area contributed by atoms with E-state index in [-0.39, 0.29) is 5.91 Å². The summed E-state index contributed by atoms with van der Waals surface area (Å²) in [6, 6.07) is 0. The molecular formula is C10H17NOS. The standard InChI is InChI=1S/C10H17NOS/c1-4-6-8-10(7-5-2)13-11-9(3)12/h6-8H,4-5H2,1-3H3,(H,11,12)/b8-6-,10-7+. The number of carbonyl (C=O) groups is 1. The third-order valence-corrected chi connectivity index (χ3v) is 2.16. The molecule has 0 aliphatic carbocycles. The normalized spacial score (nSPS) is 12.1. The van der Waals surface area contributed by atoms with Gasteiger partial charge in [0.15, 0.2) is 0 Å². The Morgan fingerprint density at radius 3 is 2.54 bits per heavy atom. The van der Waals surface area contributed by atoms with Gasteiger partial charge in [0.05, 0.1) is 0 Å². The molecule has 13 heavy (non-hydrogen) atoms. The van der Waals surface area contributed by atoms with Crippen molar-refractivity contribution in [3.63, 3.8) is 0 Å². The van der Waals surface area contributed by atoms with Gasteiger partial charge in [-0.1, -0.05) is 32.1 Å². The molecule has 0 aliphatic heterocycles. The van der Waals surface area contributed by atoms with Gasteiger partial charge in [0, 0.05) is 11.8 Å². The van der Waals surface area contributed by atoms with E-state index in [1.807, 2.05) is 6.08 Å². The van der Waals surface area contributed by atoms with Crippen molar-refractivity contribution in [2.75, 3.05) is 0 Å². The van der Waals surface area contributed by atoms with Gasteiger partial charge < -0.3 is 0 Å². The molecule has 0 saturated carbocycles. The van der Waals surface area contributed by atoms with E-state index in [0.717, 1.165) is 17.7 Å². The second kappa shape index (κ2) is 7.92. The van der Waals surface area contributed by atoms with Gasteiger partial charge in [0.1, 0.15) is 0 Å². The minimum Gasteiger partial charge on any atom is -0.296 e. The number of amides is 1. The maximum absolute atomic E-state index is 10.6. The number of nitrogens with one attached hydrogen (secondary N) is 1. The largest absolute Gasteiger partial charge is 0.296 e. The fourth-order valence-electron chi connectivity index (χ4n) is 0.710. The molecule has 1 amide bonds. The van der Waals surface area contributed by atoms with Crippen LogP contribution in [0.5, 0.6) is 0 Å². The Morgan fingerprint density at radius 1 is 1.38 bits per heavy atom. The summed E-state index contributed by atoms with van der Waals surface area (Å²) in [4.78, 5) is 11.7. The van der Waals surface area contributed by atoms with Gasteiger partial charge in [-0.05, 0) is 24.8 Å². The highest BCUT2D eigenvalue weighted by molar-refractivity contribution is 8.01. The molecule has 74 valence electrons. The van der Waals surface area contributed by atoms with Crippen LogP contribution in [0.15, 0.2) is 23.1 Å². The van der Waals surface area contributed by atoms with Crippen molar-refractivity contribution >= 4 is 17.9 Å². The smallest absolute Gasteiger partial charge is 0.226 e. The predicted octanol–water partition coefficient (Wildman–Crippen LogP) is 3.03. The van der Waals surface area contributed by atoms with Gasteiger partial charge in [-0.15, -0.1) is 0 Å². The van der Waals surface area contributed by atoms with E-state index < -0.39 is 0 Å². The van der Waals surface area contributed by atoms with Crippen LogP contribution in [-0.2, 0) is 4.79 Å². The molecule has 0 spiro atoms. The topological polar surface area (TPSA) is 29.1 Å². The van der Waals surface area contributed by atoms with E-state index in [1.54, 1.807) is 0 Å². The maximum Gasteiger partial charge on any atom is 0.226 e. The second-order valence-corrected chi connectivity index (χ2v) is 3.47. The highest BCUT2D eigenvalue weighted by Crippen LogP contribution is 2.14. The number of rotatable bonds is 5. The molecule has 1 N–H and O–H groups in total. The molecule has 0 aliphatic rings. The highest BCUT2D eigenvalue weighted by Gasteiger charge is 1.94. The van der Waals surface area contributed by atoms with Crippen LogP contribution in [0.3, 0.4) is 0 Å². The van der Waals surface area contributed by atoms with Crippen LogP contribution in [0.25, 0.3) is 0 Å². The lowest BCUT2D eigenvalue weighted by Gasteiger charge is -2.01. The molecular weight excluding hydrogens is 182 g/mol. The first-order valence-electron chi connectivity index (χ1n) is 4.50. The van der Waals surface area contributed by atoms with Crippen LogP contribution >= 0.6 is 11.9 Å². The predicted molar refractivity (Wildman–Crippen MR) is 59.2 cm³/mol. The van der Waals surface area contributed by atoms with Crippen LogP contribution in [0.4, 0.5) is 0 Å². The Kier molecular flexibility index (Phi) is 7.50. The van der Waals surface area contributed by atoms with Crippen molar-refractivity contribution in [2.24, 2.45) is 0 Å². The quantitative estimate of drug-likeness (QED) is 0.544. The van der Waals surface area contributed by atoms with Crippen molar-refractivity contribution < 1.29 is 4.79 Å². The van der Waals surface area contributed by atoms with Crippen LogP contribution in [0.1, 0.15) is 33.6 Å². The molecule has 3 heteroatoms. The number of hydrogen-bond acceptors (Lipinski definition) is 2. The first-order valence-corrected chi connectivity index (χ1v) is 5.32. The summed E-state index contributed by atoms with van der Waals surface area (Å²) < 4.78 is 2.70. The number of allylic oxidation sites excluding steroid dienone is 3. The zero-order chi connectivity index (χ0) is 10.1. The molecule has 0 fully saturated rings. The van der Waals surface area contributed by atoms with Gasteiger partial charge >= 0.3 is 0 Å². The Balaban J connectivity index is 4.03. The fourth-order valence-corrected chi connectivity index (χ4v) is 1.39. The molecule has 0 bridgehead atoms. The Bertz CT molecular complexity index is 209. The van der Waals surface area contributed by atoms with Crippen molar-refractivity contribution in [1.82, 2.24) is 4.72 Å². The fraction of sp³-hybridized carbons (Fsp3) is 0.500. The van der Waals surface area contributed by atoms with Crippen molar-refractivity contribution in [1.29, 1.82) is 0 Å². The Morgan fingerprint density at radius 2 is 2.08 bits per heavy atom. The van der Waals surface area contributed by atoms with Crippen LogP contribution in [0.2, 0.25) is 0 Å². The molecule has 0 atom stereocenters. The molecule has 0 aromatic carbocycles. The lowest BCUT2D eigenvalue weighted by atomic mass is 10.3. The molecule has 0 unspecified atom stereocenters. The van der Waals surface area contributed by atoms with E-state index in [0.29, 0.717) is 0 Å². The lowest BCUT2D eigenvalue weighted by molar-refractivity contribution is -0.117. The van der Waals surface area contributed by atoms with Crippen LogP contribution in [-0.4, -0.2) is 5.91 Å². The first kappa shape index (κ1) is 12.3. The Labute approximate surface area is 84.6 Å². The van der Waals surface area contributed by atoms with Gasteiger partial charge in [0.25, 0.3) is 0 Å². The van der Waals surface area contributed by atoms with Crippen LogP contribution < -0.4 is 4.72 Å². The number of carbonyl (C=O) groups excluding carboxylic acids is 1. The monoisotopic (exact) mass is 199 g/mol. The molecule has 0 aromatic heterocycles. The maximum atomic E-state index is 10.6. The van der Waals surface area contributed by atoms with Crippen molar-refractivity contribution in [3.05, 3.63) is 23.1 Å². The van der Waals surface area contributed by atoms with E-state index in [4.69, 9.17) is 0 Å². The van der Waals surface area contributed by atoms with E-state index in [1.165, 1.54) is 18.9 Å².